The van der Waals surface area contributed by atoms with Crippen LogP contribution < -0.4 is 0 Å². The highest BCUT2D eigenvalue weighted by atomic mass is 16.7. The van der Waals surface area contributed by atoms with Gasteiger partial charge in [0.25, 0.3) is 0 Å². The Bertz CT molecular complexity index is 599. The number of carbonyl (C=O) groups excluding carboxylic acids is 1. The van der Waals surface area contributed by atoms with Crippen molar-refractivity contribution in [3.05, 3.63) is 0 Å². The largest absolute Gasteiger partial charge is 0.394 e. The molecule has 8 nitrogen and oxygen atoms in total. The number of aliphatic hydroxyl groups excluding tert-OH is 4. The molecule has 4 aliphatic rings. The van der Waals surface area contributed by atoms with Gasteiger partial charge in [-0.15, -0.1) is 0 Å². The molecule has 2 saturated heterocycles. The Morgan fingerprint density at radius 1 is 1.14 bits per heavy atom. The van der Waals surface area contributed by atoms with Gasteiger partial charge in [-0.3, -0.25) is 0 Å². The van der Waals surface area contributed by atoms with Crippen LogP contribution in [-0.4, -0.2) is 82.8 Å². The smallest absolute Gasteiger partial charge is 0.186 e. The maximum absolute atomic E-state index is 11.9. The van der Waals surface area contributed by atoms with Crippen LogP contribution in [0.5, 0.6) is 0 Å². The first kappa shape index (κ1) is 21.6. The van der Waals surface area contributed by atoms with Crippen LogP contribution in [0.25, 0.3) is 0 Å². The monoisotopic (exact) mass is 414 g/mol. The first-order valence-corrected chi connectivity index (χ1v) is 10.8. The van der Waals surface area contributed by atoms with Crippen LogP contribution in [0.1, 0.15) is 39.5 Å². The summed E-state index contributed by atoms with van der Waals surface area (Å²) in [5.41, 5.74) is -0.326. The van der Waals surface area contributed by atoms with E-state index in [9.17, 15) is 25.2 Å². The molecule has 0 aromatic heterocycles. The lowest BCUT2D eigenvalue weighted by molar-refractivity contribution is -0.328. The fourth-order valence-corrected chi connectivity index (χ4v) is 6.35. The number of aldehydes is 1. The van der Waals surface area contributed by atoms with Crippen molar-refractivity contribution >= 4 is 6.29 Å². The predicted octanol–water partition coefficient (Wildman–Crippen LogP) is -0.152. The zero-order valence-electron chi connectivity index (χ0n) is 17.1. The summed E-state index contributed by atoms with van der Waals surface area (Å²) in [5, 5.41) is 39.9. The second kappa shape index (κ2) is 8.15. The lowest BCUT2D eigenvalue weighted by Crippen LogP contribution is -2.62. The Morgan fingerprint density at radius 2 is 1.90 bits per heavy atom. The molecule has 4 fully saturated rings. The topological polar surface area (TPSA) is 126 Å². The van der Waals surface area contributed by atoms with Gasteiger partial charge in [0.15, 0.2) is 6.29 Å². The van der Waals surface area contributed by atoms with E-state index in [4.69, 9.17) is 14.2 Å². The van der Waals surface area contributed by atoms with E-state index < -0.39 is 37.3 Å². The number of hydrogen-bond acceptors (Lipinski definition) is 8. The Labute approximate surface area is 171 Å². The summed E-state index contributed by atoms with van der Waals surface area (Å²) in [4.78, 5) is 11.9. The Kier molecular flexibility index (Phi) is 6.07. The highest BCUT2D eigenvalue weighted by Crippen LogP contribution is 2.58. The standard InChI is InChI=1S/C21H34O8/c1-10-9-27-19-12(10)5-6-21(2)14(4-3-11(7-22)15(19)21)29-20-18(26)17(25)16(24)13(8-23)28-20/h7,10-20,23-26H,3-6,8-9H2,1-2H3/t10-,11+,12+,13-,14-,15-,16-,17+,18-,19+,20+,21+/m1/s1. The van der Waals surface area contributed by atoms with E-state index in [1.807, 2.05) is 0 Å². The molecule has 0 bridgehead atoms. The van der Waals surface area contributed by atoms with Gasteiger partial charge in [-0.05, 0) is 42.9 Å². The van der Waals surface area contributed by atoms with Crippen molar-refractivity contribution < 1.29 is 39.4 Å². The summed E-state index contributed by atoms with van der Waals surface area (Å²) in [6.45, 7) is 4.56. The maximum Gasteiger partial charge on any atom is 0.186 e. The van der Waals surface area contributed by atoms with Crippen LogP contribution in [0.15, 0.2) is 0 Å². The van der Waals surface area contributed by atoms with Crippen molar-refractivity contribution in [3.8, 4) is 0 Å². The second-order valence-corrected chi connectivity index (χ2v) is 9.71. The van der Waals surface area contributed by atoms with Crippen LogP contribution in [0.3, 0.4) is 0 Å². The summed E-state index contributed by atoms with van der Waals surface area (Å²) >= 11 is 0. The number of rotatable bonds is 4. The number of hydrogen-bond donors (Lipinski definition) is 4. The van der Waals surface area contributed by atoms with E-state index in [1.165, 1.54) is 0 Å². The van der Waals surface area contributed by atoms with E-state index in [2.05, 4.69) is 13.8 Å². The van der Waals surface area contributed by atoms with E-state index in [-0.39, 0.29) is 29.5 Å². The summed E-state index contributed by atoms with van der Waals surface area (Å²) < 4.78 is 18.0. The number of carbonyl (C=O) groups is 1. The number of aliphatic hydroxyl groups is 4. The molecular weight excluding hydrogens is 380 g/mol. The first-order chi connectivity index (χ1) is 13.8. The van der Waals surface area contributed by atoms with Crippen molar-refractivity contribution in [2.45, 2.75) is 82.4 Å². The minimum absolute atomic E-state index is 0.0279. The van der Waals surface area contributed by atoms with Crippen molar-refractivity contribution in [2.75, 3.05) is 13.2 Å². The first-order valence-electron chi connectivity index (χ1n) is 10.8. The second-order valence-electron chi connectivity index (χ2n) is 9.71. The minimum Gasteiger partial charge on any atom is -0.394 e. The Hall–Kier alpha value is -0.610. The predicted molar refractivity (Wildman–Crippen MR) is 101 cm³/mol. The van der Waals surface area contributed by atoms with Crippen molar-refractivity contribution in [3.63, 3.8) is 0 Å². The zero-order valence-corrected chi connectivity index (χ0v) is 17.1. The molecule has 4 N–H and O–H groups in total. The van der Waals surface area contributed by atoms with Crippen LogP contribution in [0.2, 0.25) is 0 Å². The van der Waals surface area contributed by atoms with Crippen molar-refractivity contribution in [1.29, 1.82) is 0 Å². The van der Waals surface area contributed by atoms with E-state index in [0.29, 0.717) is 31.3 Å². The summed E-state index contributed by atoms with van der Waals surface area (Å²) in [6, 6.07) is 0. The molecule has 0 radical (unpaired) electrons. The average molecular weight is 414 g/mol. The van der Waals surface area contributed by atoms with Gasteiger partial charge in [-0.25, -0.2) is 0 Å². The van der Waals surface area contributed by atoms with Gasteiger partial charge in [-0.1, -0.05) is 13.8 Å². The fourth-order valence-electron chi connectivity index (χ4n) is 6.35. The van der Waals surface area contributed by atoms with Crippen LogP contribution in [-0.2, 0) is 19.0 Å². The molecule has 2 heterocycles. The van der Waals surface area contributed by atoms with Gasteiger partial charge in [0.05, 0.1) is 18.8 Å². The minimum atomic E-state index is -1.46. The van der Waals surface area contributed by atoms with Gasteiger partial charge >= 0.3 is 0 Å². The van der Waals surface area contributed by atoms with Gasteiger partial charge in [0, 0.05) is 18.4 Å². The highest BCUT2D eigenvalue weighted by Gasteiger charge is 2.59. The van der Waals surface area contributed by atoms with Crippen LogP contribution >= 0.6 is 0 Å². The third-order valence-corrected chi connectivity index (χ3v) is 8.12. The van der Waals surface area contributed by atoms with Gasteiger partial charge in [-0.2, -0.15) is 0 Å². The highest BCUT2D eigenvalue weighted by molar-refractivity contribution is 5.55. The van der Waals surface area contributed by atoms with E-state index in [1.54, 1.807) is 0 Å². The van der Waals surface area contributed by atoms with E-state index >= 15 is 0 Å². The number of ether oxygens (including phenoxy) is 3. The van der Waals surface area contributed by atoms with Crippen molar-refractivity contribution in [1.82, 2.24) is 0 Å². The van der Waals surface area contributed by atoms with Gasteiger partial charge in [0.1, 0.15) is 30.7 Å². The van der Waals surface area contributed by atoms with Crippen LogP contribution in [0, 0.1) is 29.1 Å². The van der Waals surface area contributed by atoms with E-state index in [0.717, 1.165) is 19.1 Å². The fraction of sp³-hybridized carbons (Fsp3) is 0.952. The molecule has 29 heavy (non-hydrogen) atoms. The maximum atomic E-state index is 11.9. The third kappa shape index (κ3) is 3.46. The molecule has 2 aliphatic heterocycles. The molecule has 8 heteroatoms. The molecule has 2 aliphatic carbocycles. The Balaban J connectivity index is 1.56. The molecular formula is C21H34O8. The molecule has 2 saturated carbocycles. The number of fused-ring (bicyclic) bond motifs is 3. The molecule has 4 rings (SSSR count). The lowest BCUT2D eigenvalue weighted by Gasteiger charge is -2.56. The SMILES string of the molecule is C[C@@H]1CO[C@H]2[C@H]1CC[C@]1(C)[C@@H]2[C@H](C=O)CC[C@H]1O[C@@H]1O[C@H](CO)[C@@H](O)[C@H](O)[C@H]1O. The lowest BCUT2D eigenvalue weighted by atomic mass is 9.52. The summed E-state index contributed by atoms with van der Waals surface area (Å²) in [7, 11) is 0. The zero-order chi connectivity index (χ0) is 20.9. The summed E-state index contributed by atoms with van der Waals surface area (Å²) in [5.74, 6) is 0.866. The Morgan fingerprint density at radius 3 is 2.59 bits per heavy atom. The molecule has 0 aromatic rings. The third-order valence-electron chi connectivity index (χ3n) is 8.12. The van der Waals surface area contributed by atoms with Crippen LogP contribution in [0.4, 0.5) is 0 Å². The molecule has 0 aromatic carbocycles. The average Bonchev–Trinajstić information content (AvgIpc) is 3.09. The normalized spacial score (nSPS) is 55.2. The van der Waals surface area contributed by atoms with Gasteiger partial charge < -0.3 is 39.4 Å². The quantitative estimate of drug-likeness (QED) is 0.468. The molecule has 0 unspecified atom stereocenters. The molecule has 12 atom stereocenters. The molecule has 166 valence electrons. The summed E-state index contributed by atoms with van der Waals surface area (Å²) in [6.07, 6.45) is -2.44. The van der Waals surface area contributed by atoms with Gasteiger partial charge in [0.2, 0.25) is 0 Å². The molecule has 0 spiro atoms. The molecule has 0 amide bonds. The van der Waals surface area contributed by atoms with Crippen molar-refractivity contribution in [2.24, 2.45) is 29.1 Å².